The van der Waals surface area contributed by atoms with Crippen LogP contribution in [-0.2, 0) is 7.05 Å². The fourth-order valence-electron chi connectivity index (χ4n) is 3.85. The number of rotatable bonds is 8. The average molecular weight is 544 g/mol. The van der Waals surface area contributed by atoms with Crippen molar-refractivity contribution in [2.45, 2.75) is 25.7 Å². The lowest BCUT2D eigenvalue weighted by molar-refractivity contribution is 0.0759. The molecule has 12 nitrogen and oxygen atoms in total. The lowest BCUT2D eigenvalue weighted by atomic mass is 10.1. The van der Waals surface area contributed by atoms with Gasteiger partial charge in [-0.2, -0.15) is 15.0 Å². The van der Waals surface area contributed by atoms with E-state index >= 15 is 0 Å². The fourth-order valence-corrected chi connectivity index (χ4v) is 3.85. The third-order valence-corrected chi connectivity index (χ3v) is 6.12. The molecule has 0 saturated heterocycles. The first-order valence-corrected chi connectivity index (χ1v) is 12.1. The number of aryl methyl sites for hydroxylation is 1. The number of hydrogen-bond donors (Lipinski definition) is 2. The highest BCUT2D eigenvalue weighted by Gasteiger charge is 2.29. The Balaban J connectivity index is 1.49. The van der Waals surface area contributed by atoms with Crippen molar-refractivity contribution in [3.63, 3.8) is 0 Å². The minimum absolute atomic E-state index is 0.102. The summed E-state index contributed by atoms with van der Waals surface area (Å²) in [5, 5.41) is 31.2. The molecule has 40 heavy (non-hydrogen) atoms. The number of halogens is 2. The maximum absolute atomic E-state index is 14.2. The first-order valence-electron chi connectivity index (χ1n) is 12.1. The van der Waals surface area contributed by atoms with Crippen molar-refractivity contribution in [3.05, 3.63) is 66.1 Å². The number of amides is 1. The molecule has 5 aromatic rings. The molecular formula is C26H23F2N11O. The second-order valence-corrected chi connectivity index (χ2v) is 9.46. The highest BCUT2D eigenvalue weighted by atomic mass is 19.2. The number of carbonyl (C=O) groups is 1. The quantitative estimate of drug-likeness (QED) is 0.300. The van der Waals surface area contributed by atoms with Gasteiger partial charge in [-0.1, -0.05) is 0 Å². The van der Waals surface area contributed by atoms with Crippen LogP contribution in [0.2, 0.25) is 0 Å². The molecule has 2 N–H and O–H groups in total. The lowest BCUT2D eigenvalue weighted by Gasteiger charge is -2.20. The number of tetrazole rings is 1. The molecule has 0 fully saturated rings. The van der Waals surface area contributed by atoms with Gasteiger partial charge in [-0.05, 0) is 54.6 Å². The number of anilines is 2. The molecular weight excluding hydrogens is 520 g/mol. The van der Waals surface area contributed by atoms with E-state index in [-0.39, 0.29) is 5.56 Å². The second-order valence-electron chi connectivity index (χ2n) is 9.46. The largest absolute Gasteiger partial charge is 0.355 e. The van der Waals surface area contributed by atoms with Crippen molar-refractivity contribution in [1.29, 1.82) is 5.26 Å². The molecule has 1 atom stereocenters. The summed E-state index contributed by atoms with van der Waals surface area (Å²) in [6.07, 6.45) is 2.40. The van der Waals surface area contributed by atoms with Crippen LogP contribution in [-0.4, -0.2) is 64.2 Å². The number of carbonyl (C=O) groups excluding carboxylic acids is 1. The summed E-state index contributed by atoms with van der Waals surface area (Å²) in [6.45, 7) is 1.70. The highest BCUT2D eigenvalue weighted by Crippen LogP contribution is 2.26. The standard InChI is InChI=1S/C26H23F2N11O/c1-26(2,28)21(27)14-32-25(40)19-13-30-22(39-23-17(12-33-39)8-15(10-29)11-31-23)9-20(19)34-18-6-4-16(5-7-18)24-35-36-37-38(24)3/h4-9,11-13,21H,14H2,1-3H3,(H,30,34)(H,32,40). The van der Waals surface area contributed by atoms with Crippen LogP contribution in [0.25, 0.3) is 28.2 Å². The maximum atomic E-state index is 14.2. The van der Waals surface area contributed by atoms with Crippen LogP contribution >= 0.6 is 0 Å². The zero-order chi connectivity index (χ0) is 28.4. The molecule has 0 aliphatic rings. The second kappa shape index (κ2) is 10.4. The van der Waals surface area contributed by atoms with Gasteiger partial charge in [0.2, 0.25) is 0 Å². The molecule has 0 bridgehead atoms. The molecule has 1 unspecified atom stereocenters. The third kappa shape index (κ3) is 5.30. The molecule has 1 aromatic carbocycles. The summed E-state index contributed by atoms with van der Waals surface area (Å²) < 4.78 is 31.2. The Morgan fingerprint density at radius 2 is 1.93 bits per heavy atom. The van der Waals surface area contributed by atoms with Crippen LogP contribution < -0.4 is 10.6 Å². The van der Waals surface area contributed by atoms with E-state index in [1.165, 1.54) is 17.1 Å². The minimum Gasteiger partial charge on any atom is -0.355 e. The van der Waals surface area contributed by atoms with Gasteiger partial charge in [0.25, 0.3) is 5.91 Å². The Bertz CT molecular complexity index is 1730. The zero-order valence-corrected chi connectivity index (χ0v) is 21.7. The van der Waals surface area contributed by atoms with Gasteiger partial charge >= 0.3 is 0 Å². The fraction of sp³-hybridized carbons (Fsp3) is 0.231. The molecule has 4 heterocycles. The summed E-state index contributed by atoms with van der Waals surface area (Å²) in [5.74, 6) is 0.269. The van der Waals surface area contributed by atoms with Crippen molar-refractivity contribution in [1.82, 2.24) is 45.3 Å². The van der Waals surface area contributed by atoms with E-state index in [1.807, 2.05) is 18.2 Å². The van der Waals surface area contributed by atoms with E-state index in [9.17, 15) is 13.6 Å². The van der Waals surface area contributed by atoms with Crippen LogP contribution in [0.5, 0.6) is 0 Å². The molecule has 0 saturated carbocycles. The number of aromatic nitrogens is 8. The predicted molar refractivity (Wildman–Crippen MR) is 141 cm³/mol. The van der Waals surface area contributed by atoms with Crippen molar-refractivity contribution >= 4 is 28.3 Å². The number of fused-ring (bicyclic) bond motifs is 1. The molecule has 5 rings (SSSR count). The van der Waals surface area contributed by atoms with Gasteiger partial charge in [0, 0.05) is 42.1 Å². The normalized spacial score (nSPS) is 12.2. The molecule has 0 spiro atoms. The SMILES string of the molecule is Cn1nnnc1-c1ccc(Nc2cc(-n3ncc4cc(C#N)cnc43)ncc2C(=O)NCC(F)C(C)(C)F)cc1. The maximum Gasteiger partial charge on any atom is 0.255 e. The average Bonchev–Trinajstić information content (AvgIpc) is 3.57. The molecule has 0 aliphatic carbocycles. The Labute approximate surface area is 226 Å². The molecule has 0 radical (unpaired) electrons. The number of nitrogens with zero attached hydrogens (tertiary/aromatic N) is 9. The van der Waals surface area contributed by atoms with Gasteiger partial charge in [-0.25, -0.2) is 23.4 Å². The number of hydrogen-bond acceptors (Lipinski definition) is 9. The zero-order valence-electron chi connectivity index (χ0n) is 21.7. The van der Waals surface area contributed by atoms with Gasteiger partial charge < -0.3 is 10.6 Å². The minimum atomic E-state index is -2.12. The summed E-state index contributed by atoms with van der Waals surface area (Å²) >= 11 is 0. The van der Waals surface area contributed by atoms with E-state index in [0.717, 1.165) is 19.4 Å². The van der Waals surface area contributed by atoms with E-state index in [2.05, 4.69) is 41.2 Å². The number of nitriles is 1. The van der Waals surface area contributed by atoms with E-state index in [0.29, 0.717) is 39.6 Å². The predicted octanol–water partition coefficient (Wildman–Crippen LogP) is 3.44. The summed E-state index contributed by atoms with van der Waals surface area (Å²) in [7, 11) is 1.73. The molecule has 4 aromatic heterocycles. The topological polar surface area (TPSA) is 152 Å². The van der Waals surface area contributed by atoms with E-state index in [4.69, 9.17) is 5.26 Å². The van der Waals surface area contributed by atoms with E-state index in [1.54, 1.807) is 42.2 Å². The molecule has 1 amide bonds. The summed E-state index contributed by atoms with van der Waals surface area (Å²) in [4.78, 5) is 21.7. The first-order chi connectivity index (χ1) is 19.1. The van der Waals surface area contributed by atoms with Crippen molar-refractivity contribution in [3.8, 4) is 23.3 Å². The lowest BCUT2D eigenvalue weighted by Crippen LogP contribution is -2.39. The van der Waals surface area contributed by atoms with Crippen LogP contribution in [0, 0.1) is 11.3 Å². The van der Waals surface area contributed by atoms with Crippen molar-refractivity contribution in [2.24, 2.45) is 7.05 Å². The highest BCUT2D eigenvalue weighted by molar-refractivity contribution is 6.00. The Morgan fingerprint density at radius 3 is 2.60 bits per heavy atom. The molecule has 202 valence electrons. The summed E-state index contributed by atoms with van der Waals surface area (Å²) in [5.41, 5.74) is 0.573. The first kappa shape index (κ1) is 26.3. The summed E-state index contributed by atoms with van der Waals surface area (Å²) in [6, 6.07) is 12.5. The third-order valence-electron chi connectivity index (χ3n) is 6.12. The molecule has 0 aliphatic heterocycles. The van der Waals surface area contributed by atoms with Gasteiger partial charge in [0.1, 0.15) is 11.7 Å². The van der Waals surface area contributed by atoms with Gasteiger partial charge in [0.05, 0.1) is 29.6 Å². The number of benzene rings is 1. The smallest absolute Gasteiger partial charge is 0.255 e. The monoisotopic (exact) mass is 543 g/mol. The van der Waals surface area contributed by atoms with Gasteiger partial charge in [0.15, 0.2) is 23.5 Å². The van der Waals surface area contributed by atoms with Crippen LogP contribution in [0.3, 0.4) is 0 Å². The Kier molecular flexibility index (Phi) is 6.87. The van der Waals surface area contributed by atoms with Crippen LogP contribution in [0.4, 0.5) is 20.2 Å². The van der Waals surface area contributed by atoms with E-state index < -0.39 is 24.3 Å². The van der Waals surface area contributed by atoms with Crippen LogP contribution in [0.15, 0.2) is 55.0 Å². The van der Waals surface area contributed by atoms with Crippen molar-refractivity contribution in [2.75, 3.05) is 11.9 Å². The van der Waals surface area contributed by atoms with Crippen LogP contribution in [0.1, 0.15) is 29.8 Å². The number of nitrogens with one attached hydrogen (secondary N) is 2. The Morgan fingerprint density at radius 1 is 1.15 bits per heavy atom. The molecule has 14 heteroatoms. The van der Waals surface area contributed by atoms with Gasteiger partial charge in [-0.15, -0.1) is 5.10 Å². The number of pyridine rings is 2. The van der Waals surface area contributed by atoms with Gasteiger partial charge in [-0.3, -0.25) is 4.79 Å². The Hall–Kier alpha value is -5.32. The van der Waals surface area contributed by atoms with Crippen molar-refractivity contribution < 1.29 is 13.6 Å². The number of alkyl halides is 2.